The third-order valence-corrected chi connectivity index (χ3v) is 1.95. The Kier molecular flexibility index (Phi) is 5.44. The van der Waals surface area contributed by atoms with Crippen molar-refractivity contribution in [3.8, 4) is 0 Å². The van der Waals surface area contributed by atoms with Gasteiger partial charge in [-0.05, 0) is 25.2 Å². The van der Waals surface area contributed by atoms with Gasteiger partial charge in [0, 0.05) is 0 Å². The molecule has 0 atom stereocenters. The van der Waals surface area contributed by atoms with Crippen molar-refractivity contribution in [3.63, 3.8) is 0 Å². The van der Waals surface area contributed by atoms with Crippen LogP contribution in [0.2, 0.25) is 0 Å². The van der Waals surface area contributed by atoms with Gasteiger partial charge in [0.15, 0.2) is 0 Å². The molecular formula is C11H20O2. The highest BCUT2D eigenvalue weighted by molar-refractivity contribution is 5.70. The van der Waals surface area contributed by atoms with Gasteiger partial charge in [-0.15, -0.1) is 6.58 Å². The SMILES string of the molecule is C=CCCC(C)(C)CC(=O)OCC. The third kappa shape index (κ3) is 6.38. The number of hydrogen-bond acceptors (Lipinski definition) is 2. The van der Waals surface area contributed by atoms with Crippen LogP contribution >= 0.6 is 0 Å². The first-order valence-electron chi connectivity index (χ1n) is 4.78. The van der Waals surface area contributed by atoms with Crippen LogP contribution < -0.4 is 0 Å². The first-order valence-corrected chi connectivity index (χ1v) is 4.78. The highest BCUT2D eigenvalue weighted by atomic mass is 16.5. The van der Waals surface area contributed by atoms with E-state index in [1.165, 1.54) is 0 Å². The van der Waals surface area contributed by atoms with E-state index < -0.39 is 0 Å². The highest BCUT2D eigenvalue weighted by Crippen LogP contribution is 2.27. The van der Waals surface area contributed by atoms with Gasteiger partial charge in [0.2, 0.25) is 0 Å². The second kappa shape index (κ2) is 5.79. The molecule has 0 aliphatic carbocycles. The molecule has 0 aromatic carbocycles. The van der Waals surface area contributed by atoms with E-state index in [-0.39, 0.29) is 11.4 Å². The first kappa shape index (κ1) is 12.2. The number of carbonyl (C=O) groups excluding carboxylic acids is 1. The number of carbonyl (C=O) groups is 1. The molecule has 0 aromatic rings. The molecule has 0 spiro atoms. The molecule has 76 valence electrons. The van der Waals surface area contributed by atoms with Gasteiger partial charge in [-0.2, -0.15) is 0 Å². The maximum Gasteiger partial charge on any atom is 0.306 e. The molecule has 0 rings (SSSR count). The third-order valence-electron chi connectivity index (χ3n) is 1.95. The Bertz CT molecular complexity index is 171. The lowest BCUT2D eigenvalue weighted by Crippen LogP contribution is -2.18. The van der Waals surface area contributed by atoms with Crippen LogP contribution in [0.25, 0.3) is 0 Å². The van der Waals surface area contributed by atoms with Crippen LogP contribution in [-0.4, -0.2) is 12.6 Å². The molecule has 0 radical (unpaired) electrons. The Morgan fingerprint density at radius 1 is 1.54 bits per heavy atom. The fraction of sp³-hybridized carbons (Fsp3) is 0.727. The number of esters is 1. The fourth-order valence-electron chi connectivity index (χ4n) is 1.18. The predicted molar refractivity (Wildman–Crippen MR) is 54.5 cm³/mol. The van der Waals surface area contributed by atoms with Crippen molar-refractivity contribution in [1.29, 1.82) is 0 Å². The number of ether oxygens (including phenoxy) is 1. The number of allylic oxidation sites excluding steroid dienone is 1. The Hall–Kier alpha value is -0.790. The summed E-state index contributed by atoms with van der Waals surface area (Å²) in [7, 11) is 0. The van der Waals surface area contributed by atoms with Crippen LogP contribution in [0.3, 0.4) is 0 Å². The van der Waals surface area contributed by atoms with Crippen molar-refractivity contribution in [3.05, 3.63) is 12.7 Å². The normalized spacial score (nSPS) is 11.0. The molecule has 0 saturated heterocycles. The van der Waals surface area contributed by atoms with Crippen LogP contribution in [0, 0.1) is 5.41 Å². The Morgan fingerprint density at radius 3 is 2.62 bits per heavy atom. The average molecular weight is 184 g/mol. The molecule has 2 nitrogen and oxygen atoms in total. The molecule has 0 amide bonds. The van der Waals surface area contributed by atoms with Gasteiger partial charge in [0.1, 0.15) is 0 Å². The zero-order chi connectivity index (χ0) is 10.3. The van der Waals surface area contributed by atoms with Crippen molar-refractivity contribution in [1.82, 2.24) is 0 Å². The summed E-state index contributed by atoms with van der Waals surface area (Å²) in [4.78, 5) is 11.2. The number of hydrogen-bond donors (Lipinski definition) is 0. The van der Waals surface area contributed by atoms with Gasteiger partial charge in [-0.1, -0.05) is 19.9 Å². The summed E-state index contributed by atoms with van der Waals surface area (Å²) in [6.45, 7) is 10.1. The van der Waals surface area contributed by atoms with Crippen molar-refractivity contribution < 1.29 is 9.53 Å². The van der Waals surface area contributed by atoms with Crippen LogP contribution in [0.5, 0.6) is 0 Å². The molecule has 0 N–H and O–H groups in total. The fourth-order valence-corrected chi connectivity index (χ4v) is 1.18. The molecule has 0 unspecified atom stereocenters. The minimum atomic E-state index is -0.100. The van der Waals surface area contributed by atoms with Gasteiger partial charge in [-0.25, -0.2) is 0 Å². The summed E-state index contributed by atoms with van der Waals surface area (Å²) >= 11 is 0. The van der Waals surface area contributed by atoms with E-state index in [1.54, 1.807) is 0 Å². The largest absolute Gasteiger partial charge is 0.466 e. The summed E-state index contributed by atoms with van der Waals surface area (Å²) in [5.74, 6) is -0.100. The molecule has 0 aliphatic rings. The predicted octanol–water partition coefficient (Wildman–Crippen LogP) is 2.93. The van der Waals surface area contributed by atoms with Gasteiger partial charge >= 0.3 is 5.97 Å². The molecule has 0 aromatic heterocycles. The van der Waals surface area contributed by atoms with Crippen molar-refractivity contribution in [2.45, 2.75) is 40.0 Å². The van der Waals surface area contributed by atoms with Crippen molar-refractivity contribution in [2.24, 2.45) is 5.41 Å². The first-order chi connectivity index (χ1) is 6.02. The summed E-state index contributed by atoms with van der Waals surface area (Å²) in [6, 6.07) is 0. The topological polar surface area (TPSA) is 26.3 Å². The Labute approximate surface area is 81.0 Å². The summed E-state index contributed by atoms with van der Waals surface area (Å²) in [6.07, 6.45) is 4.31. The zero-order valence-corrected chi connectivity index (χ0v) is 8.93. The lowest BCUT2D eigenvalue weighted by Gasteiger charge is -2.22. The van der Waals surface area contributed by atoms with E-state index >= 15 is 0 Å². The van der Waals surface area contributed by atoms with Gasteiger partial charge in [0.05, 0.1) is 13.0 Å². The van der Waals surface area contributed by atoms with Gasteiger partial charge in [-0.3, -0.25) is 4.79 Å². The monoisotopic (exact) mass is 184 g/mol. The molecule has 0 bridgehead atoms. The molecule has 0 fully saturated rings. The Balaban J connectivity index is 3.85. The van der Waals surface area contributed by atoms with Crippen LogP contribution in [0.1, 0.15) is 40.0 Å². The standard InChI is InChI=1S/C11H20O2/c1-5-7-8-11(3,4)9-10(12)13-6-2/h5H,1,6-9H2,2-4H3. The second-order valence-electron chi connectivity index (χ2n) is 3.97. The quantitative estimate of drug-likeness (QED) is 0.468. The van der Waals surface area contributed by atoms with E-state index in [0.717, 1.165) is 12.8 Å². The molecular weight excluding hydrogens is 164 g/mol. The van der Waals surface area contributed by atoms with E-state index in [9.17, 15) is 4.79 Å². The smallest absolute Gasteiger partial charge is 0.306 e. The number of rotatable bonds is 6. The van der Waals surface area contributed by atoms with Crippen LogP contribution in [-0.2, 0) is 9.53 Å². The van der Waals surface area contributed by atoms with Crippen molar-refractivity contribution >= 4 is 5.97 Å². The van der Waals surface area contributed by atoms with Crippen LogP contribution in [0.15, 0.2) is 12.7 Å². The van der Waals surface area contributed by atoms with E-state index in [1.807, 2.05) is 13.0 Å². The van der Waals surface area contributed by atoms with Gasteiger partial charge in [0.25, 0.3) is 0 Å². The maximum absolute atomic E-state index is 11.2. The summed E-state index contributed by atoms with van der Waals surface area (Å²) in [5.41, 5.74) is 0.0282. The van der Waals surface area contributed by atoms with Crippen molar-refractivity contribution in [2.75, 3.05) is 6.61 Å². The lowest BCUT2D eigenvalue weighted by molar-refractivity contribution is -0.145. The summed E-state index contributed by atoms with van der Waals surface area (Å²) < 4.78 is 4.89. The van der Waals surface area contributed by atoms with E-state index in [4.69, 9.17) is 4.74 Å². The average Bonchev–Trinajstić information content (AvgIpc) is 2.00. The molecule has 0 saturated carbocycles. The maximum atomic E-state index is 11.2. The van der Waals surface area contributed by atoms with E-state index in [2.05, 4.69) is 20.4 Å². The Morgan fingerprint density at radius 2 is 2.15 bits per heavy atom. The van der Waals surface area contributed by atoms with E-state index in [0.29, 0.717) is 13.0 Å². The minimum absolute atomic E-state index is 0.0282. The molecule has 0 heterocycles. The second-order valence-corrected chi connectivity index (χ2v) is 3.97. The minimum Gasteiger partial charge on any atom is -0.466 e. The molecule has 0 aliphatic heterocycles. The van der Waals surface area contributed by atoms with Gasteiger partial charge < -0.3 is 4.74 Å². The highest BCUT2D eigenvalue weighted by Gasteiger charge is 2.21. The lowest BCUT2D eigenvalue weighted by atomic mass is 9.84. The molecule has 2 heteroatoms. The zero-order valence-electron chi connectivity index (χ0n) is 8.93. The summed E-state index contributed by atoms with van der Waals surface area (Å²) in [5, 5.41) is 0. The molecule has 13 heavy (non-hydrogen) atoms. The van der Waals surface area contributed by atoms with Crippen LogP contribution in [0.4, 0.5) is 0 Å².